The predicted octanol–water partition coefficient (Wildman–Crippen LogP) is 4.17. The van der Waals surface area contributed by atoms with E-state index >= 15 is 0 Å². The van der Waals surface area contributed by atoms with Crippen molar-refractivity contribution in [1.29, 1.82) is 0 Å². The van der Waals surface area contributed by atoms with Crippen LogP contribution in [0.3, 0.4) is 0 Å². The molecule has 0 spiro atoms. The van der Waals surface area contributed by atoms with Gasteiger partial charge in [-0.3, -0.25) is 0 Å². The second kappa shape index (κ2) is 5.68. The molecule has 3 heteroatoms. The quantitative estimate of drug-likeness (QED) is 0.830. The lowest BCUT2D eigenvalue weighted by molar-refractivity contribution is 0.244. The van der Waals surface area contributed by atoms with Gasteiger partial charge in [0.1, 0.15) is 11.6 Å². The topological polar surface area (TPSA) is 12.0 Å². The van der Waals surface area contributed by atoms with E-state index in [4.69, 9.17) is 0 Å². The first-order valence-corrected chi connectivity index (χ1v) is 8.11. The van der Waals surface area contributed by atoms with Crippen LogP contribution in [0.1, 0.15) is 38.7 Å². The molecule has 2 aliphatic carbocycles. The maximum Gasteiger partial charge on any atom is 0.126 e. The van der Waals surface area contributed by atoms with Crippen molar-refractivity contribution in [3.8, 4) is 0 Å². The number of nitrogens with one attached hydrogen (secondary N) is 1. The minimum absolute atomic E-state index is 0.197. The van der Waals surface area contributed by atoms with E-state index in [2.05, 4.69) is 19.2 Å². The Morgan fingerprint density at radius 3 is 2.33 bits per heavy atom. The normalized spacial score (nSPS) is 30.7. The van der Waals surface area contributed by atoms with Gasteiger partial charge in [-0.25, -0.2) is 8.78 Å². The zero-order valence-corrected chi connectivity index (χ0v) is 13.0. The molecule has 0 saturated heterocycles. The van der Waals surface area contributed by atoms with Crippen molar-refractivity contribution in [1.82, 2.24) is 5.32 Å². The maximum absolute atomic E-state index is 13.4. The summed E-state index contributed by atoms with van der Waals surface area (Å²) in [6.07, 6.45) is 4.57. The maximum atomic E-state index is 13.4. The van der Waals surface area contributed by atoms with Crippen LogP contribution >= 0.6 is 0 Å². The molecule has 0 aromatic heterocycles. The third kappa shape index (κ3) is 3.63. The molecule has 0 amide bonds. The lowest BCUT2D eigenvalue weighted by Gasteiger charge is -2.32. The SMILES string of the molecule is CC(C)CNCC1(Cc2cc(F)cc(F)c2)CC2CC2C1. The van der Waals surface area contributed by atoms with Gasteiger partial charge < -0.3 is 5.32 Å². The molecular weight excluding hydrogens is 268 g/mol. The average Bonchev–Trinajstić information content (AvgIpc) is 2.95. The summed E-state index contributed by atoms with van der Waals surface area (Å²) in [6, 6.07) is 3.95. The fourth-order valence-electron chi connectivity index (χ4n) is 4.13. The van der Waals surface area contributed by atoms with Gasteiger partial charge in [0.15, 0.2) is 0 Å². The Labute approximate surface area is 126 Å². The first-order valence-electron chi connectivity index (χ1n) is 8.11. The largest absolute Gasteiger partial charge is 0.316 e. The molecule has 0 radical (unpaired) electrons. The second-order valence-electron chi connectivity index (χ2n) is 7.64. The van der Waals surface area contributed by atoms with E-state index in [1.165, 1.54) is 31.4 Å². The van der Waals surface area contributed by atoms with Crippen molar-refractivity contribution in [3.63, 3.8) is 0 Å². The van der Waals surface area contributed by atoms with Crippen LogP contribution in [0.15, 0.2) is 18.2 Å². The van der Waals surface area contributed by atoms with E-state index in [0.717, 1.165) is 43.0 Å². The number of fused-ring (bicyclic) bond motifs is 1. The van der Waals surface area contributed by atoms with Crippen LogP contribution in [0.5, 0.6) is 0 Å². The first-order chi connectivity index (χ1) is 9.96. The van der Waals surface area contributed by atoms with Crippen LogP contribution in [0.4, 0.5) is 8.78 Å². The van der Waals surface area contributed by atoms with Crippen molar-refractivity contribution in [2.24, 2.45) is 23.2 Å². The zero-order chi connectivity index (χ0) is 15.0. The highest BCUT2D eigenvalue weighted by atomic mass is 19.1. The number of hydrogen-bond donors (Lipinski definition) is 1. The standard InChI is InChI=1S/C18H25F2N/c1-12(2)10-21-11-18(8-14-5-15(14)9-18)7-13-3-16(19)6-17(20)4-13/h3-4,6,12,14-15,21H,5,7-11H2,1-2H3. The summed E-state index contributed by atoms with van der Waals surface area (Å²) in [4.78, 5) is 0. The molecule has 2 saturated carbocycles. The molecule has 0 bridgehead atoms. The highest BCUT2D eigenvalue weighted by molar-refractivity contribution is 5.21. The van der Waals surface area contributed by atoms with Gasteiger partial charge in [0.2, 0.25) is 0 Å². The van der Waals surface area contributed by atoms with E-state index in [9.17, 15) is 8.78 Å². The Morgan fingerprint density at radius 2 is 1.76 bits per heavy atom. The Balaban J connectivity index is 1.70. The first kappa shape index (κ1) is 15.0. The van der Waals surface area contributed by atoms with Crippen LogP contribution in [-0.4, -0.2) is 13.1 Å². The molecule has 1 N–H and O–H groups in total. The lowest BCUT2D eigenvalue weighted by atomic mass is 9.77. The van der Waals surface area contributed by atoms with E-state index in [1.807, 2.05) is 0 Å². The van der Waals surface area contributed by atoms with Crippen LogP contribution in [-0.2, 0) is 6.42 Å². The molecule has 2 aliphatic rings. The Kier molecular flexibility index (Phi) is 4.04. The van der Waals surface area contributed by atoms with Crippen molar-refractivity contribution in [3.05, 3.63) is 35.4 Å². The number of halogens is 2. The number of hydrogen-bond acceptors (Lipinski definition) is 1. The Bertz CT molecular complexity index is 482. The fourth-order valence-corrected chi connectivity index (χ4v) is 4.13. The van der Waals surface area contributed by atoms with E-state index in [-0.39, 0.29) is 5.41 Å². The van der Waals surface area contributed by atoms with Gasteiger partial charge in [-0.2, -0.15) is 0 Å². The van der Waals surface area contributed by atoms with Crippen molar-refractivity contribution in [2.45, 2.75) is 39.5 Å². The van der Waals surface area contributed by atoms with Gasteiger partial charge in [-0.1, -0.05) is 13.8 Å². The minimum atomic E-state index is -0.460. The molecule has 1 aromatic carbocycles. The molecule has 0 heterocycles. The molecule has 0 aliphatic heterocycles. The van der Waals surface area contributed by atoms with Crippen molar-refractivity contribution in [2.75, 3.05) is 13.1 Å². The summed E-state index contributed by atoms with van der Waals surface area (Å²) in [5.41, 5.74) is 1.00. The molecule has 2 unspecified atom stereocenters. The van der Waals surface area contributed by atoms with Crippen molar-refractivity contribution >= 4 is 0 Å². The highest BCUT2D eigenvalue weighted by Gasteiger charge is 2.53. The number of benzene rings is 1. The molecule has 2 fully saturated rings. The van der Waals surface area contributed by atoms with Gasteiger partial charge in [0.25, 0.3) is 0 Å². The summed E-state index contributed by atoms with van der Waals surface area (Å²) >= 11 is 0. The molecule has 1 aromatic rings. The van der Waals surface area contributed by atoms with Crippen LogP contribution in [0.25, 0.3) is 0 Å². The van der Waals surface area contributed by atoms with Crippen LogP contribution < -0.4 is 5.32 Å². The highest BCUT2D eigenvalue weighted by Crippen LogP contribution is 2.60. The van der Waals surface area contributed by atoms with Crippen LogP contribution in [0.2, 0.25) is 0 Å². The molecular formula is C18H25F2N. The summed E-state index contributed by atoms with van der Waals surface area (Å²) in [5, 5.41) is 3.57. The van der Waals surface area contributed by atoms with Gasteiger partial charge in [-0.15, -0.1) is 0 Å². The summed E-state index contributed by atoms with van der Waals surface area (Å²) < 4.78 is 26.8. The predicted molar refractivity (Wildman–Crippen MR) is 81.0 cm³/mol. The Hall–Kier alpha value is -0.960. The Morgan fingerprint density at radius 1 is 1.14 bits per heavy atom. The fraction of sp³-hybridized carbons (Fsp3) is 0.667. The minimum Gasteiger partial charge on any atom is -0.316 e. The van der Waals surface area contributed by atoms with Crippen LogP contribution in [0, 0.1) is 34.8 Å². The van der Waals surface area contributed by atoms with Gasteiger partial charge >= 0.3 is 0 Å². The molecule has 21 heavy (non-hydrogen) atoms. The summed E-state index contributed by atoms with van der Waals surface area (Å²) in [5.74, 6) is 1.44. The smallest absolute Gasteiger partial charge is 0.126 e. The molecule has 3 rings (SSSR count). The lowest BCUT2D eigenvalue weighted by Crippen LogP contribution is -2.36. The molecule has 2 atom stereocenters. The monoisotopic (exact) mass is 293 g/mol. The number of rotatable bonds is 6. The third-order valence-corrected chi connectivity index (χ3v) is 5.01. The summed E-state index contributed by atoms with van der Waals surface area (Å²) in [6.45, 7) is 6.38. The van der Waals surface area contributed by atoms with Gasteiger partial charge in [0, 0.05) is 12.6 Å². The van der Waals surface area contributed by atoms with E-state index in [1.54, 1.807) is 0 Å². The van der Waals surface area contributed by atoms with E-state index in [0.29, 0.717) is 5.92 Å². The second-order valence-corrected chi connectivity index (χ2v) is 7.64. The van der Waals surface area contributed by atoms with E-state index < -0.39 is 11.6 Å². The van der Waals surface area contributed by atoms with Gasteiger partial charge in [0.05, 0.1) is 0 Å². The third-order valence-electron chi connectivity index (χ3n) is 5.01. The van der Waals surface area contributed by atoms with Gasteiger partial charge in [-0.05, 0) is 73.1 Å². The molecule has 1 nitrogen and oxygen atoms in total. The molecule has 116 valence electrons. The average molecular weight is 293 g/mol. The van der Waals surface area contributed by atoms with Crippen molar-refractivity contribution < 1.29 is 8.78 Å². The summed E-state index contributed by atoms with van der Waals surface area (Å²) in [7, 11) is 0. The zero-order valence-electron chi connectivity index (χ0n) is 13.0.